The number of aromatic nitrogens is 2. The van der Waals surface area contributed by atoms with Crippen molar-refractivity contribution in [1.82, 2.24) is 15.1 Å². The van der Waals surface area contributed by atoms with Crippen molar-refractivity contribution in [2.75, 3.05) is 18.6 Å². The number of aryl methyl sites for hydroxylation is 2. The average Bonchev–Trinajstić information content (AvgIpc) is 2.70. The van der Waals surface area contributed by atoms with Crippen LogP contribution >= 0.6 is 23.4 Å². The first-order chi connectivity index (χ1) is 8.67. The Morgan fingerprint density at radius 3 is 2.61 bits per heavy atom. The van der Waals surface area contributed by atoms with E-state index in [-0.39, 0.29) is 0 Å². The first kappa shape index (κ1) is 15.9. The minimum Gasteiger partial charge on any atom is -0.316 e. The van der Waals surface area contributed by atoms with E-state index in [1.54, 1.807) is 0 Å². The number of rotatable bonds is 8. The zero-order valence-corrected chi connectivity index (χ0v) is 13.4. The predicted octanol–water partition coefficient (Wildman–Crippen LogP) is 3.00. The minimum atomic E-state index is 0.458. The highest BCUT2D eigenvalue weighted by atomic mass is 35.5. The molecular weight excluding hydrogens is 266 g/mol. The molecule has 0 aliphatic rings. The molecule has 0 spiro atoms. The van der Waals surface area contributed by atoms with Gasteiger partial charge in [-0.3, -0.25) is 4.68 Å². The Morgan fingerprint density at radius 2 is 2.11 bits per heavy atom. The molecule has 0 amide bonds. The van der Waals surface area contributed by atoms with E-state index in [2.05, 4.69) is 31.2 Å². The van der Waals surface area contributed by atoms with Crippen LogP contribution in [0.25, 0.3) is 0 Å². The molecular formula is C13H24ClN3S. The van der Waals surface area contributed by atoms with E-state index in [1.807, 2.05) is 23.5 Å². The van der Waals surface area contributed by atoms with Crippen molar-refractivity contribution >= 4 is 23.4 Å². The Labute approximate surface area is 120 Å². The first-order valence-electron chi connectivity index (χ1n) is 6.66. The number of nitrogens with one attached hydrogen (secondary N) is 1. The third-order valence-corrected chi connectivity index (χ3v) is 4.55. The molecule has 3 nitrogen and oxygen atoms in total. The topological polar surface area (TPSA) is 29.9 Å². The SMILES string of the molecule is CCSCC(Cc1c(Cl)c(CC)nn1CC)NC. The van der Waals surface area contributed by atoms with E-state index in [0.29, 0.717) is 6.04 Å². The first-order valence-corrected chi connectivity index (χ1v) is 8.20. The number of hydrogen-bond acceptors (Lipinski definition) is 3. The molecule has 1 aromatic rings. The fraction of sp³-hybridized carbons (Fsp3) is 0.769. The summed E-state index contributed by atoms with van der Waals surface area (Å²) in [4.78, 5) is 0. The van der Waals surface area contributed by atoms with E-state index >= 15 is 0 Å². The zero-order chi connectivity index (χ0) is 13.5. The Bertz CT molecular complexity index is 365. The lowest BCUT2D eigenvalue weighted by Crippen LogP contribution is -2.31. The molecule has 0 aliphatic heterocycles. The van der Waals surface area contributed by atoms with Crippen molar-refractivity contribution in [2.24, 2.45) is 0 Å². The van der Waals surface area contributed by atoms with Crippen LogP contribution in [0.4, 0.5) is 0 Å². The summed E-state index contributed by atoms with van der Waals surface area (Å²) in [6.45, 7) is 7.28. The monoisotopic (exact) mass is 289 g/mol. The maximum Gasteiger partial charge on any atom is 0.0850 e. The highest BCUT2D eigenvalue weighted by Gasteiger charge is 2.17. The van der Waals surface area contributed by atoms with Crippen LogP contribution in [0.1, 0.15) is 32.2 Å². The summed E-state index contributed by atoms with van der Waals surface area (Å²) in [6.07, 6.45) is 1.84. The van der Waals surface area contributed by atoms with Gasteiger partial charge in [0.2, 0.25) is 0 Å². The molecule has 0 fully saturated rings. The molecule has 1 N–H and O–H groups in total. The number of likely N-dealkylation sites (N-methyl/N-ethyl adjacent to an activating group) is 1. The second-order valence-corrected chi connectivity index (χ2v) is 5.92. The molecule has 0 aliphatic carbocycles. The number of hydrogen-bond donors (Lipinski definition) is 1. The summed E-state index contributed by atoms with van der Waals surface area (Å²) in [5.74, 6) is 2.26. The van der Waals surface area contributed by atoms with Gasteiger partial charge in [-0.2, -0.15) is 16.9 Å². The van der Waals surface area contributed by atoms with E-state index in [4.69, 9.17) is 11.6 Å². The lowest BCUT2D eigenvalue weighted by molar-refractivity contribution is 0.555. The van der Waals surface area contributed by atoms with Crippen molar-refractivity contribution in [3.05, 3.63) is 16.4 Å². The predicted molar refractivity (Wildman–Crippen MR) is 81.8 cm³/mol. The van der Waals surface area contributed by atoms with E-state index in [0.717, 1.165) is 41.6 Å². The van der Waals surface area contributed by atoms with E-state index in [9.17, 15) is 0 Å². The number of nitrogens with zero attached hydrogens (tertiary/aromatic N) is 2. The highest BCUT2D eigenvalue weighted by molar-refractivity contribution is 7.99. The Hall–Kier alpha value is -0.190. The molecule has 1 unspecified atom stereocenters. The van der Waals surface area contributed by atoms with Gasteiger partial charge in [-0.05, 0) is 26.1 Å². The summed E-state index contributed by atoms with van der Waals surface area (Å²) in [6, 6.07) is 0.458. The minimum absolute atomic E-state index is 0.458. The molecule has 0 aromatic carbocycles. The molecule has 104 valence electrons. The second-order valence-electron chi connectivity index (χ2n) is 4.23. The molecule has 1 rings (SSSR count). The number of thioether (sulfide) groups is 1. The van der Waals surface area contributed by atoms with Gasteiger partial charge in [-0.25, -0.2) is 0 Å². The third-order valence-electron chi connectivity index (χ3n) is 3.07. The van der Waals surface area contributed by atoms with Gasteiger partial charge in [-0.15, -0.1) is 0 Å². The largest absolute Gasteiger partial charge is 0.316 e. The smallest absolute Gasteiger partial charge is 0.0850 e. The molecule has 1 aromatic heterocycles. The van der Waals surface area contributed by atoms with Crippen LogP contribution in [-0.2, 0) is 19.4 Å². The van der Waals surface area contributed by atoms with Crippen LogP contribution in [-0.4, -0.2) is 34.4 Å². The summed E-state index contributed by atoms with van der Waals surface area (Å²) in [7, 11) is 2.02. The van der Waals surface area contributed by atoms with Crippen molar-refractivity contribution in [3.8, 4) is 0 Å². The average molecular weight is 290 g/mol. The molecule has 0 radical (unpaired) electrons. The van der Waals surface area contributed by atoms with Crippen LogP contribution in [0.3, 0.4) is 0 Å². The normalized spacial score (nSPS) is 12.9. The Kier molecular flexibility index (Phi) is 7.12. The van der Waals surface area contributed by atoms with Gasteiger partial charge in [0.25, 0.3) is 0 Å². The maximum absolute atomic E-state index is 6.43. The van der Waals surface area contributed by atoms with Gasteiger partial charge in [-0.1, -0.05) is 25.4 Å². The molecule has 1 heterocycles. The maximum atomic E-state index is 6.43. The Balaban J connectivity index is 2.83. The number of halogens is 1. The summed E-state index contributed by atoms with van der Waals surface area (Å²) in [5, 5.41) is 8.80. The van der Waals surface area contributed by atoms with Crippen LogP contribution in [0.5, 0.6) is 0 Å². The summed E-state index contributed by atoms with van der Waals surface area (Å²) < 4.78 is 2.04. The van der Waals surface area contributed by atoms with Gasteiger partial charge in [0.15, 0.2) is 0 Å². The van der Waals surface area contributed by atoms with Crippen LogP contribution in [0.15, 0.2) is 0 Å². The van der Waals surface area contributed by atoms with Gasteiger partial charge in [0, 0.05) is 24.8 Å². The standard InChI is InChI=1S/C13H24ClN3S/c1-5-11-13(14)12(17(6-2)16-11)8-10(15-4)9-18-7-3/h10,15H,5-9H2,1-4H3. The van der Waals surface area contributed by atoms with E-state index in [1.165, 1.54) is 5.69 Å². The van der Waals surface area contributed by atoms with E-state index < -0.39 is 0 Å². The van der Waals surface area contributed by atoms with Gasteiger partial charge >= 0.3 is 0 Å². The molecule has 0 bridgehead atoms. The van der Waals surface area contributed by atoms with Crippen LogP contribution < -0.4 is 5.32 Å². The third kappa shape index (κ3) is 3.90. The highest BCUT2D eigenvalue weighted by Crippen LogP contribution is 2.23. The Morgan fingerprint density at radius 1 is 1.39 bits per heavy atom. The molecule has 1 atom stereocenters. The van der Waals surface area contributed by atoms with Crippen molar-refractivity contribution in [1.29, 1.82) is 0 Å². The van der Waals surface area contributed by atoms with Gasteiger partial charge < -0.3 is 5.32 Å². The lowest BCUT2D eigenvalue weighted by Gasteiger charge is -2.16. The van der Waals surface area contributed by atoms with Gasteiger partial charge in [0.05, 0.1) is 16.4 Å². The summed E-state index contributed by atoms with van der Waals surface area (Å²) >= 11 is 8.38. The second kappa shape index (κ2) is 8.08. The quantitative estimate of drug-likeness (QED) is 0.798. The molecule has 0 saturated heterocycles. The molecule has 5 heteroatoms. The molecule has 18 heavy (non-hydrogen) atoms. The fourth-order valence-corrected chi connectivity index (χ4v) is 3.10. The van der Waals surface area contributed by atoms with Crippen molar-refractivity contribution in [3.63, 3.8) is 0 Å². The fourth-order valence-electron chi connectivity index (χ4n) is 1.95. The van der Waals surface area contributed by atoms with Crippen molar-refractivity contribution < 1.29 is 0 Å². The van der Waals surface area contributed by atoms with Crippen molar-refractivity contribution in [2.45, 2.75) is 46.2 Å². The van der Waals surface area contributed by atoms with Gasteiger partial charge in [0.1, 0.15) is 0 Å². The van der Waals surface area contributed by atoms with Crippen LogP contribution in [0, 0.1) is 0 Å². The molecule has 0 saturated carbocycles. The lowest BCUT2D eigenvalue weighted by atomic mass is 10.1. The van der Waals surface area contributed by atoms with Crippen LogP contribution in [0.2, 0.25) is 5.02 Å². The zero-order valence-electron chi connectivity index (χ0n) is 11.8. The summed E-state index contributed by atoms with van der Waals surface area (Å²) in [5.41, 5.74) is 2.19.